The molecule has 9 aliphatic rings. The van der Waals surface area contributed by atoms with Gasteiger partial charge in [0.05, 0.1) is 0 Å². The maximum atomic E-state index is 2.87. The van der Waals surface area contributed by atoms with Gasteiger partial charge in [-0.3, -0.25) is 0 Å². The van der Waals surface area contributed by atoms with E-state index >= 15 is 0 Å². The second-order valence-electron chi connectivity index (χ2n) is 22.1. The Morgan fingerprint density at radius 2 is 1.13 bits per heavy atom. The third-order valence-corrected chi connectivity index (χ3v) is 44.8. The molecule has 5 aromatic rings. The van der Waals surface area contributed by atoms with Gasteiger partial charge in [-0.25, -0.2) is 0 Å². The summed E-state index contributed by atoms with van der Waals surface area (Å²) >= 11 is -4.09. The van der Waals surface area contributed by atoms with Crippen molar-refractivity contribution in [3.63, 3.8) is 0 Å². The van der Waals surface area contributed by atoms with Crippen molar-refractivity contribution in [1.29, 1.82) is 0 Å². The number of hydrogen-bond donors (Lipinski definition) is 0. The molecule has 5 heterocycles. The molecule has 0 saturated heterocycles. The molecule has 0 fully saturated rings. The molecule has 9 heteroatoms. The molecule has 4 aliphatic carbocycles. The molecule has 342 valence electrons. The number of anilines is 2. The summed E-state index contributed by atoms with van der Waals surface area (Å²) in [6.07, 6.45) is 17.6. The second-order valence-corrected chi connectivity index (χ2v) is 42.8. The molecule has 0 N–H and O–H groups in total. The van der Waals surface area contributed by atoms with Crippen LogP contribution in [0.5, 0.6) is 0 Å². The minimum absolute atomic E-state index is 0.0202. The maximum absolute atomic E-state index is 5.01. The number of halogens is 3. The van der Waals surface area contributed by atoms with E-state index < -0.39 is 33.4 Å². The van der Waals surface area contributed by atoms with Gasteiger partial charge in [-0.15, -0.1) is 0 Å². The zero-order valence-electron chi connectivity index (χ0n) is 40.1. The van der Waals surface area contributed by atoms with Crippen LogP contribution in [0.4, 0.5) is 11.4 Å². The van der Waals surface area contributed by atoms with Crippen molar-refractivity contribution >= 4 is 69.0 Å². The number of nitrogens with zero attached hydrogens (tertiary/aromatic N) is 6. The Balaban J connectivity index is 1.22. The minimum atomic E-state index is -5.01. The Kier molecular flexibility index (Phi) is 8.19. The van der Waals surface area contributed by atoms with Crippen LogP contribution >= 0.6 is 52.1 Å². The van der Waals surface area contributed by atoms with Crippen LogP contribution in [-0.4, -0.2) is 53.7 Å². The van der Waals surface area contributed by atoms with E-state index in [1.807, 2.05) is 0 Å². The van der Waals surface area contributed by atoms with Crippen molar-refractivity contribution in [1.82, 2.24) is 17.8 Å². The normalized spacial score (nSPS) is 27.8. The summed E-state index contributed by atoms with van der Waals surface area (Å²) in [4.78, 5) is 10.8. The Morgan fingerprint density at radius 1 is 0.582 bits per heavy atom. The molecular weight excluding hydrogens is 1160 g/mol. The van der Waals surface area contributed by atoms with Gasteiger partial charge in [-0.05, 0) is 0 Å². The Hall–Kier alpha value is -4.21. The summed E-state index contributed by atoms with van der Waals surface area (Å²) in [6.45, 7) is 17.5. The number of allylic oxidation sites excluding steroid dienone is 4. The van der Waals surface area contributed by atoms with Crippen LogP contribution in [0.25, 0.3) is 27.8 Å². The number of rotatable bonds is 2. The van der Waals surface area contributed by atoms with Gasteiger partial charge in [0, 0.05) is 0 Å². The van der Waals surface area contributed by atoms with Gasteiger partial charge in [-0.2, -0.15) is 0 Å². The molecule has 0 bridgehead atoms. The van der Waals surface area contributed by atoms with E-state index in [9.17, 15) is 0 Å². The number of hydrogen-bond acceptors (Lipinski definition) is 6. The fourth-order valence-electron chi connectivity index (χ4n) is 14.9. The van der Waals surface area contributed by atoms with Crippen LogP contribution in [-0.2, 0) is 16.2 Å². The quantitative estimate of drug-likeness (QED) is 0.0754. The predicted octanol–water partition coefficient (Wildman–Crippen LogP) is 14.3. The molecule has 14 rings (SSSR count). The monoisotopic (exact) mass is 1220 g/mol. The summed E-state index contributed by atoms with van der Waals surface area (Å²) in [5.41, 5.74) is 20.0. The SMILES string of the molecule is CC1C2=C(C=C3c4ccccc4C(C)(C)C31)I1(c3cc4c(cc3N3C=CN(C)I3I)C(C)(C)c3ccccc3-4)(CC3N(C)C=CN3c3cc4c(cc31)-c1ccccc1C4(C)C)[C@@H]1N(C)C=CN21. The van der Waals surface area contributed by atoms with E-state index in [-0.39, 0.29) is 32.5 Å². The Morgan fingerprint density at radius 3 is 1.76 bits per heavy atom. The first-order valence-corrected chi connectivity index (χ1v) is 38.2. The molecular formula is C58H59I3N6. The van der Waals surface area contributed by atoms with E-state index in [1.54, 1.807) is 22.0 Å². The van der Waals surface area contributed by atoms with Crippen molar-refractivity contribution in [2.75, 3.05) is 33.6 Å². The standard InChI is InChI=1S/C58H59I3N6/c1-35-53-41(38-19-13-16-22-44(38)58(53,6)7)31-49-54(35)66-27-24-63(9)55(66)61(49,48-30-40-37-18-12-15-21-43(37)57(4,5)46(40)33-51(48)67-28-25-64(10)60(67)59)34-52-62(8)23-26-65(52)50-32-45-39(29-47(50)61)36-17-11-14-20-42(36)56(45,2)3/h11-33,35,52-53,55H,34H2,1-10H3/t35?,52?,53?,55-/m1/s1. The molecule has 0 radical (unpaired) electrons. The van der Waals surface area contributed by atoms with Crippen LogP contribution in [0.15, 0.2) is 150 Å². The molecule has 0 amide bonds. The first kappa shape index (κ1) is 41.7. The summed E-state index contributed by atoms with van der Waals surface area (Å²) < 4.78 is 11.4. The van der Waals surface area contributed by atoms with Gasteiger partial charge < -0.3 is 0 Å². The topological polar surface area (TPSA) is 19.4 Å². The number of fused-ring (bicyclic) bond motifs is 17. The first-order chi connectivity index (χ1) is 32.0. The van der Waals surface area contributed by atoms with Gasteiger partial charge in [0.25, 0.3) is 0 Å². The van der Waals surface area contributed by atoms with Gasteiger partial charge in [0.1, 0.15) is 0 Å². The van der Waals surface area contributed by atoms with Crippen molar-refractivity contribution in [2.24, 2.45) is 11.8 Å². The van der Waals surface area contributed by atoms with Crippen LogP contribution in [0, 0.1) is 19.0 Å². The number of alkyl halides is 2. The van der Waals surface area contributed by atoms with Gasteiger partial charge in [0.2, 0.25) is 0 Å². The van der Waals surface area contributed by atoms with E-state index in [4.69, 9.17) is 0 Å². The van der Waals surface area contributed by atoms with Crippen molar-refractivity contribution in [3.8, 4) is 22.3 Å². The van der Waals surface area contributed by atoms with Crippen LogP contribution in [0.1, 0.15) is 81.8 Å². The molecule has 5 aromatic carbocycles. The predicted molar refractivity (Wildman–Crippen MR) is 305 cm³/mol. The van der Waals surface area contributed by atoms with Crippen LogP contribution in [0.2, 0.25) is 0 Å². The number of benzene rings is 5. The molecule has 5 aliphatic heterocycles. The molecule has 6 nitrogen and oxygen atoms in total. The summed E-state index contributed by atoms with van der Waals surface area (Å²) in [7, 11) is 7.08. The Bertz CT molecular complexity index is 3280. The second kappa shape index (κ2) is 13.1. The fraction of sp³-hybridized carbons (Fsp3) is 0.310. The fourth-order valence-corrected chi connectivity index (χ4v) is 41.4. The van der Waals surface area contributed by atoms with Gasteiger partial charge >= 0.3 is 420 Å². The van der Waals surface area contributed by atoms with E-state index in [1.165, 1.54) is 67.0 Å². The third-order valence-electron chi connectivity index (χ3n) is 17.9. The average molecular weight is 1220 g/mol. The summed E-state index contributed by atoms with van der Waals surface area (Å²) in [5, 5.41) is 0. The molecule has 0 aromatic heterocycles. The van der Waals surface area contributed by atoms with E-state index in [0.717, 1.165) is 4.43 Å². The molecule has 67 heavy (non-hydrogen) atoms. The molecule has 4 atom stereocenters. The van der Waals surface area contributed by atoms with Crippen molar-refractivity contribution in [2.45, 2.75) is 75.0 Å². The zero-order valence-corrected chi connectivity index (χ0v) is 46.6. The zero-order chi connectivity index (χ0) is 46.1. The van der Waals surface area contributed by atoms with E-state index in [2.05, 4.69) is 254 Å². The van der Waals surface area contributed by atoms with Crippen LogP contribution < -0.4 is 8.01 Å². The molecule has 1 spiro atoms. The van der Waals surface area contributed by atoms with E-state index in [0.29, 0.717) is 5.92 Å². The third kappa shape index (κ3) is 4.66. The molecule has 0 saturated carbocycles. The first-order valence-electron chi connectivity index (χ1n) is 23.9. The van der Waals surface area contributed by atoms with Crippen molar-refractivity contribution < 1.29 is 0 Å². The van der Waals surface area contributed by atoms with Crippen LogP contribution in [0.3, 0.4) is 0 Å². The molecule has 3 unspecified atom stereocenters. The summed E-state index contributed by atoms with van der Waals surface area (Å²) in [5.74, 6) is 0.644. The average Bonchev–Trinajstić information content (AvgIpc) is 4.16. The summed E-state index contributed by atoms with van der Waals surface area (Å²) in [6, 6.07) is 39.2. The Labute approximate surface area is 415 Å². The van der Waals surface area contributed by atoms with Gasteiger partial charge in [0.15, 0.2) is 0 Å². The van der Waals surface area contributed by atoms with Crippen molar-refractivity contribution in [3.05, 3.63) is 190 Å². The van der Waals surface area contributed by atoms with Gasteiger partial charge in [-0.1, -0.05) is 0 Å².